The van der Waals surface area contributed by atoms with Gasteiger partial charge in [-0.2, -0.15) is 55.3 Å². The topological polar surface area (TPSA) is 0 Å². The normalized spacial score (nSPS) is 11.9. The maximum Gasteiger partial charge on any atom is 3.00 e. The molecule has 0 N–H and O–H groups in total. The van der Waals surface area contributed by atoms with Gasteiger partial charge in [-0.15, -0.1) is 30.7 Å². The van der Waals surface area contributed by atoms with Gasteiger partial charge in [-0.25, -0.2) is 11.3 Å². The van der Waals surface area contributed by atoms with Crippen LogP contribution in [-0.4, -0.2) is 8.07 Å². The number of allylic oxidation sites excluding steroid dienone is 4. The van der Waals surface area contributed by atoms with E-state index in [2.05, 4.69) is 51.7 Å². The molecule has 0 bridgehead atoms. The minimum Gasteiger partial charge on any atom is -0.274 e. The largest absolute Gasteiger partial charge is 3.00 e. The minimum atomic E-state index is -1.01. The molecule has 2 aromatic carbocycles. The summed E-state index contributed by atoms with van der Waals surface area (Å²) in [6.45, 7) is 14.5. The summed E-state index contributed by atoms with van der Waals surface area (Å²) in [7, 11) is -1.01. The Morgan fingerprint density at radius 1 is 0.792 bits per heavy atom. The first-order valence-electron chi connectivity index (χ1n) is 7.91. The van der Waals surface area contributed by atoms with Crippen molar-refractivity contribution in [3.8, 4) is 0 Å². The summed E-state index contributed by atoms with van der Waals surface area (Å²) in [5, 5.41) is 1.49. The molecule has 3 rings (SSSR count). The molecule has 0 aliphatic heterocycles. The quantitative estimate of drug-likeness (QED) is 0.383. The first-order chi connectivity index (χ1) is 10.9. The molecule has 24 heavy (non-hydrogen) atoms. The number of rotatable bonds is 1. The van der Waals surface area contributed by atoms with Crippen molar-refractivity contribution in [2.75, 3.05) is 0 Å². The molecule has 0 nitrogen and oxygen atoms in total. The molecule has 0 unspecified atom stereocenters. The first-order valence-corrected chi connectivity index (χ1v) is 11.4. The number of hydrogen-bond acceptors (Lipinski definition) is 0. The third-order valence-corrected chi connectivity index (χ3v) is 5.15. The van der Waals surface area contributed by atoms with Gasteiger partial charge < -0.3 is 0 Å². The number of benzene rings is 2. The van der Waals surface area contributed by atoms with E-state index in [0.29, 0.717) is 0 Å². The third-order valence-electron chi connectivity index (χ3n) is 3.19. The Morgan fingerprint density at radius 2 is 1.21 bits per heavy atom. The van der Waals surface area contributed by atoms with Gasteiger partial charge in [-0.3, -0.25) is 6.08 Å². The van der Waals surface area contributed by atoms with Crippen LogP contribution in [0.4, 0.5) is 0 Å². The maximum absolute atomic E-state index is 3.72. The van der Waals surface area contributed by atoms with Crippen molar-refractivity contribution in [3.63, 3.8) is 0 Å². The molecule has 0 spiro atoms. The second-order valence-electron chi connectivity index (χ2n) is 6.42. The van der Waals surface area contributed by atoms with E-state index in [1.54, 1.807) is 0 Å². The Labute approximate surface area is 168 Å². The van der Waals surface area contributed by atoms with Crippen molar-refractivity contribution in [1.29, 1.82) is 0 Å². The Hall–Kier alpha value is -1.24. The Morgan fingerprint density at radius 3 is 1.38 bits per heavy atom. The Kier molecular flexibility index (Phi) is 11.5. The van der Waals surface area contributed by atoms with Crippen molar-refractivity contribution >= 4 is 8.07 Å². The van der Waals surface area contributed by atoms with Crippen molar-refractivity contribution in [2.45, 2.75) is 26.1 Å². The molecule has 0 saturated heterocycles. The van der Waals surface area contributed by atoms with Gasteiger partial charge in [0.25, 0.3) is 0 Å². The smallest absolute Gasteiger partial charge is 0.274 e. The van der Waals surface area contributed by atoms with Crippen LogP contribution in [0.2, 0.25) is 19.6 Å². The fourth-order valence-electron chi connectivity index (χ4n) is 1.88. The van der Waals surface area contributed by atoms with E-state index in [9.17, 15) is 0 Å². The predicted molar refractivity (Wildman–Crippen MR) is 106 cm³/mol. The van der Waals surface area contributed by atoms with Gasteiger partial charge in [0.1, 0.15) is 0 Å². The van der Waals surface area contributed by atoms with Gasteiger partial charge in [0.2, 0.25) is 0 Å². The Balaban J connectivity index is 0.000000327. The van der Waals surface area contributed by atoms with Gasteiger partial charge in [0.15, 0.2) is 0 Å². The molecule has 0 fully saturated rings. The van der Waals surface area contributed by atoms with E-state index in [4.69, 9.17) is 0 Å². The number of hydrogen-bond donors (Lipinski definition) is 0. The molecule has 0 atom stereocenters. The van der Waals surface area contributed by atoms with Crippen LogP contribution in [0.25, 0.3) is 0 Å². The van der Waals surface area contributed by atoms with E-state index in [0.717, 1.165) is 17.5 Å². The molecule has 2 aromatic rings. The molecule has 1 aliphatic rings. The summed E-state index contributed by atoms with van der Waals surface area (Å²) >= 11 is 0. The van der Waals surface area contributed by atoms with Crippen LogP contribution in [-0.2, 0) is 26.2 Å². The zero-order chi connectivity index (χ0) is 17.1. The Bertz CT molecular complexity index is 570. The first kappa shape index (κ1) is 22.8. The molecular formula is C22H27SiZr. The van der Waals surface area contributed by atoms with Crippen LogP contribution in [0.15, 0.2) is 78.0 Å². The molecule has 1 aliphatic carbocycles. The van der Waals surface area contributed by atoms with Gasteiger partial charge in [-0.1, -0.05) is 31.8 Å². The average molecular weight is 411 g/mol. The molecule has 0 heterocycles. The molecule has 0 amide bonds. The summed E-state index contributed by atoms with van der Waals surface area (Å²) in [6.07, 6.45) is 8.82. The van der Waals surface area contributed by atoms with Crippen LogP contribution >= 0.6 is 0 Å². The van der Waals surface area contributed by atoms with Crippen LogP contribution in [0.3, 0.4) is 0 Å². The van der Waals surface area contributed by atoms with E-state index >= 15 is 0 Å². The van der Waals surface area contributed by atoms with Crippen LogP contribution in [0.1, 0.15) is 17.5 Å². The van der Waals surface area contributed by atoms with E-state index in [1.165, 1.54) is 5.20 Å². The van der Waals surface area contributed by atoms with Crippen molar-refractivity contribution in [1.82, 2.24) is 0 Å². The second-order valence-corrected chi connectivity index (χ2v) is 11.5. The molecular weight excluding hydrogens is 384 g/mol. The second kappa shape index (κ2) is 12.2. The molecule has 123 valence electrons. The van der Waals surface area contributed by atoms with Crippen LogP contribution in [0, 0.1) is 19.9 Å². The summed E-state index contributed by atoms with van der Waals surface area (Å²) in [6, 6.07) is 19.7. The van der Waals surface area contributed by atoms with E-state index in [1.807, 2.05) is 60.7 Å². The minimum absolute atomic E-state index is 0. The molecule has 2 heteroatoms. The predicted octanol–water partition coefficient (Wildman–Crippen LogP) is 6.29. The van der Waals surface area contributed by atoms with E-state index < -0.39 is 8.07 Å². The van der Waals surface area contributed by atoms with Crippen molar-refractivity contribution in [3.05, 3.63) is 109 Å². The standard InChI is InChI=1S/C8H13Si.2C7H7.Zr/c1-9(2,3)8-6-4-5-7-8;2*1-7-5-3-2-4-6-7;/h4,6H,5H2,1-3H3;2*2-6H,1H2;/q3*-1;+3. The summed E-state index contributed by atoms with van der Waals surface area (Å²) in [4.78, 5) is 0. The molecule has 0 aromatic heterocycles. The van der Waals surface area contributed by atoms with Crippen molar-refractivity contribution in [2.24, 2.45) is 0 Å². The molecule has 0 saturated carbocycles. The SMILES string of the molecule is C[Si](C)(C)C1=[C-]CC=C1.[CH2-]c1ccccc1.[CH2-]c1ccccc1.[Zr+3]. The fourth-order valence-corrected chi connectivity index (χ4v) is 3.13. The van der Waals surface area contributed by atoms with Gasteiger partial charge >= 0.3 is 26.2 Å². The fraction of sp³-hybridized carbons (Fsp3) is 0.182. The third kappa shape index (κ3) is 10.5. The van der Waals surface area contributed by atoms with Crippen LogP contribution < -0.4 is 0 Å². The van der Waals surface area contributed by atoms with Crippen LogP contribution in [0.5, 0.6) is 0 Å². The van der Waals surface area contributed by atoms with Gasteiger partial charge in [0, 0.05) is 8.07 Å². The monoisotopic (exact) mass is 409 g/mol. The average Bonchev–Trinajstić information content (AvgIpc) is 3.05. The van der Waals surface area contributed by atoms with Gasteiger partial charge in [-0.05, 0) is 0 Å². The van der Waals surface area contributed by atoms with Gasteiger partial charge in [0.05, 0.1) is 0 Å². The van der Waals surface area contributed by atoms with E-state index in [-0.39, 0.29) is 26.2 Å². The zero-order valence-corrected chi connectivity index (χ0v) is 18.5. The van der Waals surface area contributed by atoms with Crippen molar-refractivity contribution < 1.29 is 26.2 Å². The summed E-state index contributed by atoms with van der Waals surface area (Å²) in [5.41, 5.74) is 2.14. The summed E-state index contributed by atoms with van der Waals surface area (Å²) in [5.74, 6) is 0. The summed E-state index contributed by atoms with van der Waals surface area (Å²) < 4.78 is 0. The maximum atomic E-state index is 3.72. The molecule has 1 radical (unpaired) electrons. The zero-order valence-electron chi connectivity index (χ0n) is 15.0.